The van der Waals surface area contributed by atoms with E-state index < -0.39 is 0 Å². The van der Waals surface area contributed by atoms with Gasteiger partial charge >= 0.3 is 0 Å². The molecule has 1 N–H and O–H groups in total. The van der Waals surface area contributed by atoms with Crippen LogP contribution in [0.5, 0.6) is 0 Å². The molecule has 1 aromatic heterocycles. The maximum atomic E-state index is 4.75. The normalized spacial score (nSPS) is 23.1. The summed E-state index contributed by atoms with van der Waals surface area (Å²) >= 11 is 0. The van der Waals surface area contributed by atoms with Crippen LogP contribution in [0.3, 0.4) is 0 Å². The lowest BCUT2D eigenvalue weighted by atomic mass is 10.1. The molecule has 0 amide bonds. The monoisotopic (exact) mass is 261 g/mol. The third-order valence-corrected chi connectivity index (χ3v) is 4.19. The molecule has 106 valence electrons. The van der Waals surface area contributed by atoms with Gasteiger partial charge in [-0.15, -0.1) is 0 Å². The molecule has 1 saturated heterocycles. The summed E-state index contributed by atoms with van der Waals surface area (Å²) in [6.07, 6.45) is 5.84. The third-order valence-electron chi connectivity index (χ3n) is 4.19. The molecule has 1 aliphatic rings. The highest BCUT2D eigenvalue weighted by Crippen LogP contribution is 2.32. The molecule has 1 fully saturated rings. The average molecular weight is 261 g/mol. The summed E-state index contributed by atoms with van der Waals surface area (Å²) in [4.78, 5) is 7.28. The largest absolute Gasteiger partial charge is 0.351 e. The molecular weight excluding hydrogens is 234 g/mol. The molecular formula is C16H27N3. The summed E-state index contributed by atoms with van der Waals surface area (Å²) < 4.78 is 0. The lowest BCUT2D eigenvalue weighted by Crippen LogP contribution is -2.35. The van der Waals surface area contributed by atoms with Gasteiger partial charge in [-0.2, -0.15) is 0 Å². The minimum absolute atomic E-state index is 0.621. The van der Waals surface area contributed by atoms with E-state index >= 15 is 0 Å². The Morgan fingerprint density at radius 3 is 2.79 bits per heavy atom. The van der Waals surface area contributed by atoms with E-state index in [0.717, 1.165) is 13.1 Å². The van der Waals surface area contributed by atoms with E-state index in [1.807, 2.05) is 6.20 Å². The Hall–Kier alpha value is -1.09. The predicted molar refractivity (Wildman–Crippen MR) is 81.6 cm³/mol. The van der Waals surface area contributed by atoms with Crippen LogP contribution in [0.15, 0.2) is 12.3 Å². The van der Waals surface area contributed by atoms with Crippen LogP contribution in [-0.4, -0.2) is 23.6 Å². The molecule has 0 aliphatic carbocycles. The zero-order valence-electron chi connectivity index (χ0n) is 12.7. The van der Waals surface area contributed by atoms with Crippen molar-refractivity contribution in [3.8, 4) is 0 Å². The molecule has 2 unspecified atom stereocenters. The fourth-order valence-corrected chi connectivity index (χ4v) is 3.12. The van der Waals surface area contributed by atoms with Gasteiger partial charge in [0.25, 0.3) is 0 Å². The number of hydrogen-bond acceptors (Lipinski definition) is 3. The van der Waals surface area contributed by atoms with Gasteiger partial charge in [0, 0.05) is 24.8 Å². The third kappa shape index (κ3) is 3.08. The average Bonchev–Trinajstić information content (AvgIpc) is 2.78. The first-order valence-corrected chi connectivity index (χ1v) is 7.61. The van der Waals surface area contributed by atoms with E-state index in [-0.39, 0.29) is 0 Å². The minimum atomic E-state index is 0.621. The van der Waals surface area contributed by atoms with Gasteiger partial charge in [-0.1, -0.05) is 13.8 Å². The Kier molecular flexibility index (Phi) is 4.81. The van der Waals surface area contributed by atoms with Crippen LogP contribution in [-0.2, 0) is 6.54 Å². The highest BCUT2D eigenvalue weighted by atomic mass is 15.3. The molecule has 0 bridgehead atoms. The quantitative estimate of drug-likeness (QED) is 0.881. The fraction of sp³-hybridized carbons (Fsp3) is 0.688. The van der Waals surface area contributed by atoms with Crippen molar-refractivity contribution in [2.45, 2.75) is 65.6 Å². The Morgan fingerprint density at radius 2 is 2.16 bits per heavy atom. The van der Waals surface area contributed by atoms with Gasteiger partial charge in [0.15, 0.2) is 0 Å². The van der Waals surface area contributed by atoms with E-state index in [2.05, 4.69) is 44.0 Å². The second-order valence-corrected chi connectivity index (χ2v) is 5.66. The van der Waals surface area contributed by atoms with Gasteiger partial charge in [-0.05, 0) is 56.8 Å². The maximum Gasteiger partial charge on any atom is 0.131 e. The van der Waals surface area contributed by atoms with E-state index in [1.165, 1.54) is 36.2 Å². The van der Waals surface area contributed by atoms with Gasteiger partial charge in [0.2, 0.25) is 0 Å². The van der Waals surface area contributed by atoms with Crippen molar-refractivity contribution in [1.82, 2.24) is 10.3 Å². The lowest BCUT2D eigenvalue weighted by molar-refractivity contribution is 0.618. The highest BCUT2D eigenvalue weighted by molar-refractivity contribution is 5.50. The summed E-state index contributed by atoms with van der Waals surface area (Å²) in [5.74, 6) is 1.19. The number of nitrogens with one attached hydrogen (secondary N) is 1. The number of nitrogens with zero attached hydrogens (tertiary/aromatic N) is 2. The topological polar surface area (TPSA) is 28.2 Å². The molecule has 2 heterocycles. The number of anilines is 1. The Labute approximate surface area is 117 Å². The van der Waals surface area contributed by atoms with Crippen molar-refractivity contribution < 1.29 is 0 Å². The first kappa shape index (κ1) is 14.3. The van der Waals surface area contributed by atoms with Gasteiger partial charge in [0.1, 0.15) is 5.82 Å². The molecule has 0 aromatic carbocycles. The molecule has 0 spiro atoms. The minimum Gasteiger partial charge on any atom is -0.351 e. The summed E-state index contributed by atoms with van der Waals surface area (Å²) in [5.41, 5.74) is 2.59. The van der Waals surface area contributed by atoms with Crippen LogP contribution in [0.4, 0.5) is 5.82 Å². The summed E-state index contributed by atoms with van der Waals surface area (Å²) in [5, 5.41) is 3.36. The second-order valence-electron chi connectivity index (χ2n) is 5.66. The zero-order valence-corrected chi connectivity index (χ0v) is 12.7. The molecule has 1 aromatic rings. The van der Waals surface area contributed by atoms with Crippen LogP contribution in [0, 0.1) is 6.92 Å². The number of pyridine rings is 1. The molecule has 2 atom stereocenters. The molecule has 1 aliphatic heterocycles. The zero-order chi connectivity index (χ0) is 13.8. The van der Waals surface area contributed by atoms with Gasteiger partial charge in [-0.3, -0.25) is 0 Å². The van der Waals surface area contributed by atoms with Crippen molar-refractivity contribution >= 4 is 5.82 Å². The van der Waals surface area contributed by atoms with Crippen molar-refractivity contribution in [3.05, 3.63) is 23.4 Å². The molecule has 0 saturated carbocycles. The Balaban J connectivity index is 2.20. The van der Waals surface area contributed by atoms with E-state index in [1.54, 1.807) is 0 Å². The van der Waals surface area contributed by atoms with Gasteiger partial charge < -0.3 is 10.2 Å². The maximum absolute atomic E-state index is 4.75. The van der Waals surface area contributed by atoms with E-state index in [4.69, 9.17) is 4.98 Å². The number of aryl methyl sites for hydroxylation is 1. The first-order chi connectivity index (χ1) is 9.17. The molecule has 3 nitrogen and oxygen atoms in total. The highest BCUT2D eigenvalue weighted by Gasteiger charge is 2.31. The van der Waals surface area contributed by atoms with Gasteiger partial charge in [0.05, 0.1) is 0 Å². The van der Waals surface area contributed by atoms with E-state index in [9.17, 15) is 0 Å². The van der Waals surface area contributed by atoms with Crippen molar-refractivity contribution in [3.63, 3.8) is 0 Å². The van der Waals surface area contributed by atoms with Crippen molar-refractivity contribution in [2.24, 2.45) is 0 Å². The number of rotatable bonds is 5. The van der Waals surface area contributed by atoms with Crippen molar-refractivity contribution in [2.75, 3.05) is 11.4 Å². The Morgan fingerprint density at radius 1 is 1.37 bits per heavy atom. The first-order valence-electron chi connectivity index (χ1n) is 7.61. The van der Waals surface area contributed by atoms with Crippen LogP contribution in [0.25, 0.3) is 0 Å². The van der Waals surface area contributed by atoms with Crippen LogP contribution >= 0.6 is 0 Å². The summed E-state index contributed by atoms with van der Waals surface area (Å²) in [6.45, 7) is 10.8. The SMILES string of the molecule is CCNCc1cnc(N2C(C)CCC2CC)c(C)c1. The summed E-state index contributed by atoms with van der Waals surface area (Å²) in [6, 6.07) is 3.57. The summed E-state index contributed by atoms with van der Waals surface area (Å²) in [7, 11) is 0. The number of hydrogen-bond donors (Lipinski definition) is 1. The predicted octanol–water partition coefficient (Wildman–Crippen LogP) is 3.27. The molecule has 19 heavy (non-hydrogen) atoms. The van der Waals surface area contributed by atoms with Crippen LogP contribution < -0.4 is 10.2 Å². The van der Waals surface area contributed by atoms with E-state index in [0.29, 0.717) is 12.1 Å². The van der Waals surface area contributed by atoms with Gasteiger partial charge in [-0.25, -0.2) is 4.98 Å². The molecule has 0 radical (unpaired) electrons. The Bertz CT molecular complexity index is 416. The van der Waals surface area contributed by atoms with Crippen LogP contribution in [0.1, 0.15) is 51.2 Å². The lowest BCUT2D eigenvalue weighted by Gasteiger charge is -2.30. The smallest absolute Gasteiger partial charge is 0.131 e. The number of aromatic nitrogens is 1. The molecule has 2 rings (SSSR count). The standard InChI is InChI=1S/C16H27N3/c1-5-15-8-7-13(4)19(15)16-12(3)9-14(11-18-16)10-17-6-2/h9,11,13,15,17H,5-8,10H2,1-4H3. The van der Waals surface area contributed by atoms with Crippen molar-refractivity contribution in [1.29, 1.82) is 0 Å². The van der Waals surface area contributed by atoms with Crippen LogP contribution in [0.2, 0.25) is 0 Å². The molecule has 3 heteroatoms. The fourth-order valence-electron chi connectivity index (χ4n) is 3.12. The second kappa shape index (κ2) is 6.38.